The number of ether oxygens (including phenoxy) is 1. The van der Waals surface area contributed by atoms with Crippen LogP contribution in [0.3, 0.4) is 0 Å². The highest BCUT2D eigenvalue weighted by molar-refractivity contribution is 9.10. The van der Waals surface area contributed by atoms with Gasteiger partial charge in [-0.1, -0.05) is 22.9 Å². The summed E-state index contributed by atoms with van der Waals surface area (Å²) in [7, 11) is 1.69. The van der Waals surface area contributed by atoms with Gasteiger partial charge in [0.1, 0.15) is 5.75 Å². The maximum absolute atomic E-state index is 5.38. The van der Waals surface area contributed by atoms with Crippen LogP contribution in [0.4, 0.5) is 0 Å². The van der Waals surface area contributed by atoms with Gasteiger partial charge < -0.3 is 10.1 Å². The predicted octanol–water partition coefficient (Wildman–Crippen LogP) is 3.20. The minimum absolute atomic E-state index is 0.705. The normalized spacial score (nSPS) is 10.8. The number of hydrogen-bond acceptors (Lipinski definition) is 3. The molecular formula is C15H20BrN3O. The summed E-state index contributed by atoms with van der Waals surface area (Å²) in [4.78, 5) is 0. The number of rotatable bonds is 7. The fraction of sp³-hybridized carbons (Fsp3) is 0.400. The molecule has 0 amide bonds. The van der Waals surface area contributed by atoms with Gasteiger partial charge in [-0.3, -0.25) is 4.68 Å². The lowest BCUT2D eigenvalue weighted by Gasteiger charge is -2.09. The second-order valence-electron chi connectivity index (χ2n) is 4.64. The van der Waals surface area contributed by atoms with Crippen molar-refractivity contribution >= 4 is 15.9 Å². The molecular weight excluding hydrogens is 318 g/mol. The summed E-state index contributed by atoms with van der Waals surface area (Å²) >= 11 is 3.49. The van der Waals surface area contributed by atoms with E-state index >= 15 is 0 Å². The molecule has 2 rings (SSSR count). The predicted molar refractivity (Wildman–Crippen MR) is 84.0 cm³/mol. The third kappa shape index (κ3) is 4.08. The average Bonchev–Trinajstić information content (AvgIpc) is 2.87. The lowest BCUT2D eigenvalue weighted by Crippen LogP contribution is -2.14. The molecule has 108 valence electrons. The lowest BCUT2D eigenvalue weighted by molar-refractivity contribution is 0.407. The fourth-order valence-corrected chi connectivity index (χ4v) is 2.43. The highest BCUT2D eigenvalue weighted by Gasteiger charge is 2.06. The van der Waals surface area contributed by atoms with E-state index < -0.39 is 0 Å². The highest BCUT2D eigenvalue weighted by atomic mass is 79.9. The van der Waals surface area contributed by atoms with Crippen molar-refractivity contribution < 1.29 is 4.74 Å². The SMILES string of the molecule is CCCNCc1ccn(Cc2cc(Br)ccc2OC)n1. The van der Waals surface area contributed by atoms with Crippen LogP contribution in [0.15, 0.2) is 34.9 Å². The molecule has 0 saturated carbocycles. The zero-order valence-electron chi connectivity index (χ0n) is 11.9. The van der Waals surface area contributed by atoms with Crippen molar-refractivity contribution in [2.24, 2.45) is 0 Å². The molecule has 0 aliphatic heterocycles. The van der Waals surface area contributed by atoms with Gasteiger partial charge in [-0.15, -0.1) is 0 Å². The Labute approximate surface area is 128 Å². The first-order chi connectivity index (χ1) is 9.72. The molecule has 0 radical (unpaired) electrons. The quantitative estimate of drug-likeness (QED) is 0.788. The Bertz CT molecular complexity index is 554. The number of benzene rings is 1. The monoisotopic (exact) mass is 337 g/mol. The molecule has 0 bridgehead atoms. The molecule has 0 atom stereocenters. The third-order valence-corrected chi connectivity index (χ3v) is 3.50. The summed E-state index contributed by atoms with van der Waals surface area (Å²) in [5.41, 5.74) is 2.17. The molecule has 0 fully saturated rings. The van der Waals surface area contributed by atoms with Gasteiger partial charge in [0.25, 0.3) is 0 Å². The Morgan fingerprint density at radius 1 is 1.35 bits per heavy atom. The first-order valence-corrected chi connectivity index (χ1v) is 7.57. The van der Waals surface area contributed by atoms with Gasteiger partial charge in [0, 0.05) is 22.8 Å². The van der Waals surface area contributed by atoms with Crippen LogP contribution in [0.1, 0.15) is 24.6 Å². The minimum Gasteiger partial charge on any atom is -0.496 e. The number of nitrogens with zero attached hydrogens (tertiary/aromatic N) is 2. The van der Waals surface area contributed by atoms with E-state index in [0.717, 1.165) is 41.0 Å². The van der Waals surface area contributed by atoms with E-state index in [9.17, 15) is 0 Å². The van der Waals surface area contributed by atoms with Crippen molar-refractivity contribution in [2.75, 3.05) is 13.7 Å². The summed E-state index contributed by atoms with van der Waals surface area (Å²) in [5.74, 6) is 0.884. The number of nitrogens with one attached hydrogen (secondary N) is 1. The topological polar surface area (TPSA) is 39.1 Å². The molecule has 2 aromatic rings. The van der Waals surface area contributed by atoms with Gasteiger partial charge in [-0.25, -0.2) is 0 Å². The zero-order chi connectivity index (χ0) is 14.4. The van der Waals surface area contributed by atoms with Gasteiger partial charge in [-0.05, 0) is 37.2 Å². The molecule has 5 heteroatoms. The van der Waals surface area contributed by atoms with Gasteiger partial charge >= 0.3 is 0 Å². The van der Waals surface area contributed by atoms with E-state index in [1.165, 1.54) is 0 Å². The van der Waals surface area contributed by atoms with E-state index in [0.29, 0.717) is 6.54 Å². The van der Waals surface area contributed by atoms with Crippen LogP contribution < -0.4 is 10.1 Å². The summed E-state index contributed by atoms with van der Waals surface area (Å²) in [6, 6.07) is 8.06. The molecule has 20 heavy (non-hydrogen) atoms. The Morgan fingerprint density at radius 2 is 2.20 bits per heavy atom. The summed E-state index contributed by atoms with van der Waals surface area (Å²) in [6.45, 7) is 4.70. The number of hydrogen-bond donors (Lipinski definition) is 1. The molecule has 1 heterocycles. The standard InChI is InChI=1S/C15H20BrN3O/c1-3-7-17-10-14-6-8-19(18-14)11-12-9-13(16)4-5-15(12)20-2/h4-6,8-9,17H,3,7,10-11H2,1-2H3. The van der Waals surface area contributed by atoms with Crippen LogP contribution in [0, 0.1) is 0 Å². The number of aromatic nitrogens is 2. The maximum Gasteiger partial charge on any atom is 0.124 e. The van der Waals surface area contributed by atoms with Gasteiger partial charge in [-0.2, -0.15) is 5.10 Å². The minimum atomic E-state index is 0.705. The largest absolute Gasteiger partial charge is 0.496 e. The van der Waals surface area contributed by atoms with Crippen LogP contribution in [0.25, 0.3) is 0 Å². The molecule has 1 aromatic heterocycles. The van der Waals surface area contributed by atoms with Gasteiger partial charge in [0.15, 0.2) is 0 Å². The Morgan fingerprint density at radius 3 is 2.95 bits per heavy atom. The molecule has 0 spiro atoms. The van der Waals surface area contributed by atoms with E-state index in [1.807, 2.05) is 29.1 Å². The third-order valence-electron chi connectivity index (χ3n) is 3.00. The second-order valence-corrected chi connectivity index (χ2v) is 5.55. The molecule has 1 N–H and O–H groups in total. The van der Waals surface area contributed by atoms with Crippen molar-refractivity contribution in [3.8, 4) is 5.75 Å². The highest BCUT2D eigenvalue weighted by Crippen LogP contribution is 2.23. The Hall–Kier alpha value is -1.33. The maximum atomic E-state index is 5.38. The zero-order valence-corrected chi connectivity index (χ0v) is 13.5. The fourth-order valence-electron chi connectivity index (χ4n) is 2.02. The van der Waals surface area contributed by atoms with Crippen LogP contribution in [-0.2, 0) is 13.1 Å². The van der Waals surface area contributed by atoms with Crippen molar-refractivity contribution in [1.82, 2.24) is 15.1 Å². The number of halogens is 1. The van der Waals surface area contributed by atoms with Crippen LogP contribution >= 0.6 is 15.9 Å². The summed E-state index contributed by atoms with van der Waals surface area (Å²) in [6.07, 6.45) is 3.14. The van der Waals surface area contributed by atoms with E-state index in [1.54, 1.807) is 7.11 Å². The molecule has 4 nitrogen and oxygen atoms in total. The second kappa shape index (κ2) is 7.45. The first kappa shape index (κ1) is 15.1. The van der Waals surface area contributed by atoms with Crippen molar-refractivity contribution in [1.29, 1.82) is 0 Å². The molecule has 1 aromatic carbocycles. The molecule has 0 unspecified atom stereocenters. The Kier molecular flexibility index (Phi) is 5.61. The molecule has 0 aliphatic carbocycles. The van der Waals surface area contributed by atoms with Gasteiger partial charge in [0.2, 0.25) is 0 Å². The van der Waals surface area contributed by atoms with Crippen molar-refractivity contribution in [3.05, 3.63) is 46.2 Å². The van der Waals surface area contributed by atoms with E-state index in [-0.39, 0.29) is 0 Å². The van der Waals surface area contributed by atoms with Crippen LogP contribution in [-0.4, -0.2) is 23.4 Å². The summed E-state index contributed by atoms with van der Waals surface area (Å²) < 4.78 is 8.37. The van der Waals surface area contributed by atoms with Crippen LogP contribution in [0.5, 0.6) is 5.75 Å². The van der Waals surface area contributed by atoms with E-state index in [2.05, 4.69) is 39.3 Å². The average molecular weight is 338 g/mol. The Balaban J connectivity index is 2.04. The first-order valence-electron chi connectivity index (χ1n) is 6.78. The van der Waals surface area contributed by atoms with Crippen molar-refractivity contribution in [2.45, 2.75) is 26.4 Å². The molecule has 0 aliphatic rings. The lowest BCUT2D eigenvalue weighted by atomic mass is 10.2. The van der Waals surface area contributed by atoms with Crippen LogP contribution in [0.2, 0.25) is 0 Å². The molecule has 0 saturated heterocycles. The smallest absolute Gasteiger partial charge is 0.124 e. The number of methoxy groups -OCH3 is 1. The van der Waals surface area contributed by atoms with Crippen molar-refractivity contribution in [3.63, 3.8) is 0 Å². The summed E-state index contributed by atoms with van der Waals surface area (Å²) in [5, 5.41) is 7.92. The van der Waals surface area contributed by atoms with Gasteiger partial charge in [0.05, 0.1) is 19.3 Å². The van der Waals surface area contributed by atoms with E-state index in [4.69, 9.17) is 4.74 Å².